The van der Waals surface area contributed by atoms with Crippen LogP contribution in [0.25, 0.3) is 5.69 Å². The SMILES string of the molecule is O=C(Nc1ccc(C2CNCCO2)cc1)c1cn(-c2cccc(OC(F)(F)F)c2)nn1. The fraction of sp³-hybridized carbons (Fsp3) is 0.250. The maximum absolute atomic E-state index is 12.5. The normalized spacial score (nSPS) is 16.7. The number of aromatic nitrogens is 3. The Hall–Kier alpha value is -3.44. The smallest absolute Gasteiger partial charge is 0.406 e. The number of hydrogen-bond acceptors (Lipinski definition) is 6. The summed E-state index contributed by atoms with van der Waals surface area (Å²) in [5, 5.41) is 13.6. The third-order valence-electron chi connectivity index (χ3n) is 4.51. The van der Waals surface area contributed by atoms with Crippen molar-refractivity contribution in [1.82, 2.24) is 20.3 Å². The van der Waals surface area contributed by atoms with E-state index in [0.717, 1.165) is 24.7 Å². The first-order chi connectivity index (χ1) is 14.9. The topological polar surface area (TPSA) is 90.3 Å². The van der Waals surface area contributed by atoms with Gasteiger partial charge in [0.05, 0.1) is 24.6 Å². The molecule has 0 saturated carbocycles. The molecule has 162 valence electrons. The van der Waals surface area contributed by atoms with Gasteiger partial charge in [-0.1, -0.05) is 23.4 Å². The van der Waals surface area contributed by atoms with Gasteiger partial charge in [-0.25, -0.2) is 4.68 Å². The first kappa shape index (κ1) is 20.8. The van der Waals surface area contributed by atoms with E-state index >= 15 is 0 Å². The Kier molecular flexibility index (Phi) is 5.87. The van der Waals surface area contributed by atoms with Crippen LogP contribution in [0.2, 0.25) is 0 Å². The maximum Gasteiger partial charge on any atom is 0.573 e. The van der Waals surface area contributed by atoms with Crippen molar-refractivity contribution in [2.24, 2.45) is 0 Å². The number of halogens is 3. The molecule has 31 heavy (non-hydrogen) atoms. The van der Waals surface area contributed by atoms with Crippen molar-refractivity contribution in [3.8, 4) is 11.4 Å². The highest BCUT2D eigenvalue weighted by Crippen LogP contribution is 2.25. The van der Waals surface area contributed by atoms with Crippen molar-refractivity contribution < 1.29 is 27.4 Å². The summed E-state index contributed by atoms with van der Waals surface area (Å²) in [5.41, 5.74) is 1.83. The minimum atomic E-state index is -4.80. The Balaban J connectivity index is 1.42. The molecular formula is C20H18F3N5O3. The van der Waals surface area contributed by atoms with Crippen molar-refractivity contribution in [2.45, 2.75) is 12.5 Å². The van der Waals surface area contributed by atoms with Crippen molar-refractivity contribution in [3.63, 3.8) is 0 Å². The van der Waals surface area contributed by atoms with E-state index in [0.29, 0.717) is 12.3 Å². The summed E-state index contributed by atoms with van der Waals surface area (Å²) in [6, 6.07) is 12.5. The van der Waals surface area contributed by atoms with Crippen molar-refractivity contribution >= 4 is 11.6 Å². The van der Waals surface area contributed by atoms with Gasteiger partial charge in [0, 0.05) is 24.8 Å². The monoisotopic (exact) mass is 433 g/mol. The highest BCUT2D eigenvalue weighted by Gasteiger charge is 2.31. The molecule has 1 aromatic heterocycles. The number of rotatable bonds is 5. The zero-order chi connectivity index (χ0) is 21.8. The standard InChI is InChI=1S/C20H18F3N5O3/c21-20(22,23)31-16-3-1-2-15(10-16)28-12-17(26-27-28)19(29)25-14-6-4-13(5-7-14)18-11-24-8-9-30-18/h1-7,10,12,18,24H,8-9,11H2,(H,25,29). The molecule has 2 heterocycles. The molecule has 1 aliphatic rings. The maximum atomic E-state index is 12.5. The quantitative estimate of drug-likeness (QED) is 0.643. The molecular weight excluding hydrogens is 415 g/mol. The number of alkyl halides is 3. The van der Waals surface area contributed by atoms with E-state index < -0.39 is 18.0 Å². The molecule has 11 heteroatoms. The largest absolute Gasteiger partial charge is 0.573 e. The summed E-state index contributed by atoms with van der Waals surface area (Å²) < 4.78 is 48.0. The van der Waals surface area contributed by atoms with Crippen LogP contribution in [0.1, 0.15) is 22.2 Å². The second-order valence-electron chi connectivity index (χ2n) is 6.73. The molecule has 2 aromatic carbocycles. The van der Waals surface area contributed by atoms with Gasteiger partial charge >= 0.3 is 6.36 Å². The molecule has 1 saturated heterocycles. The van der Waals surface area contributed by atoms with E-state index in [1.54, 1.807) is 12.1 Å². The number of nitrogens with one attached hydrogen (secondary N) is 2. The Morgan fingerprint density at radius 2 is 2.03 bits per heavy atom. The van der Waals surface area contributed by atoms with Gasteiger partial charge in [-0.15, -0.1) is 18.3 Å². The fourth-order valence-electron chi connectivity index (χ4n) is 3.07. The molecule has 1 unspecified atom stereocenters. The van der Waals surface area contributed by atoms with Crippen molar-refractivity contribution in [1.29, 1.82) is 0 Å². The van der Waals surface area contributed by atoms with Crippen LogP contribution in [0.5, 0.6) is 5.75 Å². The average molecular weight is 433 g/mol. The molecule has 0 aliphatic carbocycles. The summed E-state index contributed by atoms with van der Waals surface area (Å²) >= 11 is 0. The lowest BCUT2D eigenvalue weighted by Crippen LogP contribution is -2.33. The highest BCUT2D eigenvalue weighted by molar-refractivity contribution is 6.02. The van der Waals surface area contributed by atoms with Crippen molar-refractivity contribution in [2.75, 3.05) is 25.0 Å². The lowest BCUT2D eigenvalue weighted by Gasteiger charge is -2.24. The van der Waals surface area contributed by atoms with Crippen LogP contribution >= 0.6 is 0 Å². The molecule has 2 N–H and O–H groups in total. The summed E-state index contributed by atoms with van der Waals surface area (Å²) in [6.07, 6.45) is -3.52. The lowest BCUT2D eigenvalue weighted by atomic mass is 10.1. The van der Waals surface area contributed by atoms with E-state index in [2.05, 4.69) is 25.7 Å². The lowest BCUT2D eigenvalue weighted by molar-refractivity contribution is -0.274. The molecule has 8 nitrogen and oxygen atoms in total. The summed E-state index contributed by atoms with van der Waals surface area (Å²) in [7, 11) is 0. The van der Waals surface area contributed by atoms with Gasteiger partial charge in [0.2, 0.25) is 0 Å². The number of nitrogens with zero attached hydrogens (tertiary/aromatic N) is 3. The third-order valence-corrected chi connectivity index (χ3v) is 4.51. The number of hydrogen-bond donors (Lipinski definition) is 2. The van der Waals surface area contributed by atoms with Crippen LogP contribution in [-0.4, -0.2) is 47.0 Å². The number of morpholine rings is 1. The predicted octanol–water partition coefficient (Wildman–Crippen LogP) is 3.08. The number of carbonyl (C=O) groups excluding carboxylic acids is 1. The van der Waals surface area contributed by atoms with Gasteiger partial charge in [0.1, 0.15) is 5.75 Å². The zero-order valence-electron chi connectivity index (χ0n) is 16.1. The second kappa shape index (κ2) is 8.74. The van der Waals surface area contributed by atoms with Crippen LogP contribution in [-0.2, 0) is 4.74 Å². The number of ether oxygens (including phenoxy) is 2. The second-order valence-corrected chi connectivity index (χ2v) is 6.73. The first-order valence-corrected chi connectivity index (χ1v) is 9.39. The van der Waals surface area contributed by atoms with E-state index in [9.17, 15) is 18.0 Å². The fourth-order valence-corrected chi connectivity index (χ4v) is 3.07. The van der Waals surface area contributed by atoms with Crippen LogP contribution in [0.4, 0.5) is 18.9 Å². The van der Waals surface area contributed by atoms with Crippen LogP contribution in [0, 0.1) is 0 Å². The molecule has 0 bridgehead atoms. The third kappa shape index (κ3) is 5.38. The summed E-state index contributed by atoms with van der Waals surface area (Å²) in [6.45, 7) is 2.19. The average Bonchev–Trinajstić information content (AvgIpc) is 3.25. The van der Waals surface area contributed by atoms with Gasteiger partial charge in [0.15, 0.2) is 5.69 Å². The predicted molar refractivity (Wildman–Crippen MR) is 104 cm³/mol. The molecule has 1 aliphatic heterocycles. The van der Waals surface area contributed by atoms with Crippen LogP contribution < -0.4 is 15.4 Å². The van der Waals surface area contributed by atoms with Crippen LogP contribution in [0.15, 0.2) is 54.7 Å². The van der Waals surface area contributed by atoms with Gasteiger partial charge in [-0.3, -0.25) is 4.79 Å². The van der Waals surface area contributed by atoms with Crippen molar-refractivity contribution in [3.05, 3.63) is 66.0 Å². The summed E-state index contributed by atoms with van der Waals surface area (Å²) in [5.74, 6) is -0.902. The molecule has 4 rings (SSSR count). The number of benzene rings is 2. The Morgan fingerprint density at radius 3 is 2.74 bits per heavy atom. The molecule has 1 atom stereocenters. The van der Waals surface area contributed by atoms with E-state index in [4.69, 9.17) is 4.74 Å². The Bertz CT molecular complexity index is 1050. The first-order valence-electron chi connectivity index (χ1n) is 9.39. The van der Waals surface area contributed by atoms with Gasteiger partial charge < -0.3 is 20.1 Å². The Morgan fingerprint density at radius 1 is 1.23 bits per heavy atom. The van der Waals surface area contributed by atoms with E-state index in [1.807, 2.05) is 12.1 Å². The number of anilines is 1. The molecule has 3 aromatic rings. The minimum absolute atomic E-state index is 0.00559. The van der Waals surface area contributed by atoms with Gasteiger partial charge in [0.25, 0.3) is 5.91 Å². The van der Waals surface area contributed by atoms with E-state index in [1.165, 1.54) is 29.1 Å². The molecule has 0 spiro atoms. The Labute approximate surface area is 175 Å². The number of carbonyl (C=O) groups is 1. The molecule has 1 fully saturated rings. The number of amides is 1. The molecule has 0 radical (unpaired) electrons. The van der Waals surface area contributed by atoms with E-state index in [-0.39, 0.29) is 17.5 Å². The van der Waals surface area contributed by atoms with Gasteiger partial charge in [-0.2, -0.15) is 0 Å². The minimum Gasteiger partial charge on any atom is -0.406 e. The molecule has 1 amide bonds. The highest BCUT2D eigenvalue weighted by atomic mass is 19.4. The van der Waals surface area contributed by atoms with Crippen LogP contribution in [0.3, 0.4) is 0 Å². The zero-order valence-corrected chi connectivity index (χ0v) is 16.1. The van der Waals surface area contributed by atoms with Gasteiger partial charge in [-0.05, 0) is 29.8 Å². The summed E-state index contributed by atoms with van der Waals surface area (Å²) in [4.78, 5) is 12.5.